The number of thiophene rings is 1. The zero-order valence-corrected chi connectivity index (χ0v) is 14.6. The number of rotatable bonds is 4. The normalized spacial score (nSPS) is 16.8. The molecule has 3 rings (SSSR count). The third kappa shape index (κ3) is 3.49. The molecule has 0 aliphatic carbocycles. The van der Waals surface area contributed by atoms with Gasteiger partial charge in [0.15, 0.2) is 0 Å². The smallest absolute Gasteiger partial charge is 0.258 e. The maximum Gasteiger partial charge on any atom is 0.258 e. The van der Waals surface area contributed by atoms with E-state index in [1.54, 1.807) is 11.3 Å². The SMILES string of the molecule is CC(=O)Nc1ccc(C2=NN(C(=O)CCl)[C@@H](c3cccs3)C2)cc1. The van der Waals surface area contributed by atoms with Crippen molar-refractivity contribution in [3.8, 4) is 0 Å². The second-order valence-corrected chi connectivity index (χ2v) is 6.66. The van der Waals surface area contributed by atoms with Crippen LogP contribution in [-0.2, 0) is 9.59 Å². The van der Waals surface area contributed by atoms with Gasteiger partial charge < -0.3 is 5.32 Å². The van der Waals surface area contributed by atoms with Gasteiger partial charge in [0.2, 0.25) is 5.91 Å². The lowest BCUT2D eigenvalue weighted by Gasteiger charge is -2.19. The van der Waals surface area contributed by atoms with Crippen molar-refractivity contribution in [3.63, 3.8) is 0 Å². The molecule has 0 saturated carbocycles. The summed E-state index contributed by atoms with van der Waals surface area (Å²) in [5.41, 5.74) is 2.49. The molecule has 2 heterocycles. The molecule has 0 fully saturated rings. The van der Waals surface area contributed by atoms with Crippen LogP contribution in [0.5, 0.6) is 0 Å². The number of carbonyl (C=O) groups excluding carboxylic acids is 2. The maximum absolute atomic E-state index is 12.1. The number of hydrogen-bond acceptors (Lipinski definition) is 4. The van der Waals surface area contributed by atoms with Crippen LogP contribution < -0.4 is 5.32 Å². The van der Waals surface area contributed by atoms with Crippen molar-refractivity contribution < 1.29 is 9.59 Å². The van der Waals surface area contributed by atoms with Gasteiger partial charge in [-0.2, -0.15) is 5.10 Å². The van der Waals surface area contributed by atoms with E-state index < -0.39 is 0 Å². The van der Waals surface area contributed by atoms with E-state index in [0.29, 0.717) is 6.42 Å². The van der Waals surface area contributed by atoms with Crippen LogP contribution in [0.15, 0.2) is 46.9 Å². The average Bonchev–Trinajstić information content (AvgIpc) is 3.23. The number of amides is 2. The lowest BCUT2D eigenvalue weighted by atomic mass is 10.0. The van der Waals surface area contributed by atoms with Crippen molar-refractivity contribution in [1.29, 1.82) is 0 Å². The Labute approximate surface area is 148 Å². The molecule has 5 nitrogen and oxygen atoms in total. The van der Waals surface area contributed by atoms with Crippen LogP contribution >= 0.6 is 22.9 Å². The van der Waals surface area contributed by atoms with Crippen molar-refractivity contribution in [2.45, 2.75) is 19.4 Å². The molecule has 2 aromatic rings. The van der Waals surface area contributed by atoms with Gasteiger partial charge >= 0.3 is 0 Å². The Morgan fingerprint density at radius 2 is 2.08 bits per heavy atom. The Hall–Kier alpha value is -2.18. The first kappa shape index (κ1) is 16.7. The van der Waals surface area contributed by atoms with Crippen molar-refractivity contribution in [2.24, 2.45) is 5.10 Å². The molecule has 1 N–H and O–H groups in total. The molecule has 0 bridgehead atoms. The number of nitrogens with zero attached hydrogens (tertiary/aromatic N) is 2. The fourth-order valence-corrected chi connectivity index (χ4v) is 3.56. The molecular formula is C17H16ClN3O2S. The summed E-state index contributed by atoms with van der Waals surface area (Å²) in [4.78, 5) is 24.3. The van der Waals surface area contributed by atoms with E-state index >= 15 is 0 Å². The highest BCUT2D eigenvalue weighted by molar-refractivity contribution is 7.10. The molecule has 0 saturated heterocycles. The van der Waals surface area contributed by atoms with Crippen LogP contribution in [-0.4, -0.2) is 28.4 Å². The first-order valence-corrected chi connectivity index (χ1v) is 8.87. The molecule has 1 aliphatic rings. The van der Waals surface area contributed by atoms with Gasteiger partial charge in [-0.05, 0) is 29.1 Å². The van der Waals surface area contributed by atoms with Crippen molar-refractivity contribution >= 4 is 46.2 Å². The zero-order valence-electron chi connectivity index (χ0n) is 13.0. The minimum Gasteiger partial charge on any atom is -0.326 e. The zero-order chi connectivity index (χ0) is 17.1. The molecule has 1 aromatic heterocycles. The fourth-order valence-electron chi connectivity index (χ4n) is 2.63. The number of nitrogens with one attached hydrogen (secondary N) is 1. The largest absolute Gasteiger partial charge is 0.326 e. The van der Waals surface area contributed by atoms with Gasteiger partial charge in [-0.25, -0.2) is 5.01 Å². The van der Waals surface area contributed by atoms with Crippen LogP contribution in [0.3, 0.4) is 0 Å². The number of alkyl halides is 1. The highest BCUT2D eigenvalue weighted by Gasteiger charge is 2.33. The number of carbonyl (C=O) groups is 2. The Bertz CT molecular complexity index is 772. The predicted molar refractivity (Wildman–Crippen MR) is 96.5 cm³/mol. The number of benzene rings is 1. The van der Waals surface area contributed by atoms with Gasteiger partial charge in [-0.3, -0.25) is 9.59 Å². The number of hydrogen-bond donors (Lipinski definition) is 1. The molecule has 2 amide bonds. The molecule has 124 valence electrons. The molecule has 0 radical (unpaired) electrons. The first-order chi connectivity index (χ1) is 11.6. The van der Waals surface area contributed by atoms with Gasteiger partial charge in [0.05, 0.1) is 11.8 Å². The van der Waals surface area contributed by atoms with Gasteiger partial charge in [0.1, 0.15) is 5.88 Å². The van der Waals surface area contributed by atoms with Gasteiger partial charge in [0.25, 0.3) is 5.91 Å². The summed E-state index contributed by atoms with van der Waals surface area (Å²) < 4.78 is 0. The standard InChI is InChI=1S/C17H16ClN3O2S/c1-11(22)19-13-6-4-12(5-7-13)14-9-15(16-3-2-8-24-16)21(20-14)17(23)10-18/h2-8,15H,9-10H2,1H3,(H,19,22)/t15-/m1/s1. The Kier molecular flexibility index (Phi) is 4.97. The third-order valence-corrected chi connectivity index (χ3v) is 4.89. The Morgan fingerprint density at radius 1 is 1.33 bits per heavy atom. The van der Waals surface area contributed by atoms with Gasteiger partial charge in [0, 0.05) is 23.9 Å². The molecule has 24 heavy (non-hydrogen) atoms. The van der Waals surface area contributed by atoms with E-state index in [4.69, 9.17) is 11.6 Å². The van der Waals surface area contributed by atoms with Gasteiger partial charge in [-0.15, -0.1) is 22.9 Å². The summed E-state index contributed by atoms with van der Waals surface area (Å²) in [6.45, 7) is 1.47. The van der Waals surface area contributed by atoms with Crippen LogP contribution in [0.25, 0.3) is 0 Å². The molecule has 7 heteroatoms. The van der Waals surface area contributed by atoms with E-state index in [1.165, 1.54) is 11.9 Å². The number of anilines is 1. The van der Waals surface area contributed by atoms with Crippen molar-refractivity contribution in [2.75, 3.05) is 11.2 Å². The molecule has 1 aromatic carbocycles. The summed E-state index contributed by atoms with van der Waals surface area (Å²) in [6, 6.07) is 11.3. The molecule has 0 unspecified atom stereocenters. The number of hydrazone groups is 1. The first-order valence-electron chi connectivity index (χ1n) is 7.45. The summed E-state index contributed by atoms with van der Waals surface area (Å²) in [5, 5.41) is 10.7. The highest BCUT2D eigenvalue weighted by Crippen LogP contribution is 2.35. The number of halogens is 1. The topological polar surface area (TPSA) is 61.8 Å². The average molecular weight is 362 g/mol. The second-order valence-electron chi connectivity index (χ2n) is 5.41. The van der Waals surface area contributed by atoms with Crippen LogP contribution in [0, 0.1) is 0 Å². The third-order valence-electron chi connectivity index (χ3n) is 3.69. The summed E-state index contributed by atoms with van der Waals surface area (Å²) >= 11 is 7.32. The molecular weight excluding hydrogens is 346 g/mol. The summed E-state index contributed by atoms with van der Waals surface area (Å²) in [6.07, 6.45) is 0.641. The van der Waals surface area contributed by atoms with Crippen molar-refractivity contribution in [1.82, 2.24) is 5.01 Å². The van der Waals surface area contributed by atoms with E-state index in [0.717, 1.165) is 21.8 Å². The van der Waals surface area contributed by atoms with Crippen LogP contribution in [0.2, 0.25) is 0 Å². The minimum atomic E-state index is -0.208. The van der Waals surface area contributed by atoms with Crippen molar-refractivity contribution in [3.05, 3.63) is 52.2 Å². The fraction of sp³-hybridized carbons (Fsp3) is 0.235. The predicted octanol–water partition coefficient (Wildman–Crippen LogP) is 3.62. The van der Waals surface area contributed by atoms with E-state index in [1.807, 2.05) is 41.8 Å². The monoisotopic (exact) mass is 361 g/mol. The van der Waals surface area contributed by atoms with Gasteiger partial charge in [-0.1, -0.05) is 18.2 Å². The molecule has 0 spiro atoms. The minimum absolute atomic E-state index is 0.0971. The Morgan fingerprint density at radius 3 is 2.67 bits per heavy atom. The Balaban J connectivity index is 1.85. The second kappa shape index (κ2) is 7.15. The maximum atomic E-state index is 12.1. The summed E-state index contributed by atoms with van der Waals surface area (Å²) in [7, 11) is 0. The van der Waals surface area contributed by atoms with E-state index in [9.17, 15) is 9.59 Å². The van der Waals surface area contributed by atoms with Crippen LogP contribution in [0.4, 0.5) is 5.69 Å². The quantitative estimate of drug-likeness (QED) is 0.845. The van der Waals surface area contributed by atoms with E-state index in [-0.39, 0.29) is 23.7 Å². The lowest BCUT2D eigenvalue weighted by molar-refractivity contribution is -0.130. The highest BCUT2D eigenvalue weighted by atomic mass is 35.5. The molecule has 1 atom stereocenters. The van der Waals surface area contributed by atoms with E-state index in [2.05, 4.69) is 10.4 Å². The summed E-state index contributed by atoms with van der Waals surface area (Å²) in [5.74, 6) is -0.419. The van der Waals surface area contributed by atoms with Crippen LogP contribution in [0.1, 0.15) is 29.8 Å². The molecule has 1 aliphatic heterocycles. The lowest BCUT2D eigenvalue weighted by Crippen LogP contribution is -2.27.